The molecule has 0 fully saturated rings. The number of nitrogens with one attached hydrogen (secondary N) is 1. The molecule has 0 aliphatic carbocycles. The smallest absolute Gasteiger partial charge is 0.164 e. The molecule has 1 aromatic heterocycles. The number of benzene rings is 1. The Balaban J connectivity index is 1.72. The van der Waals surface area contributed by atoms with Crippen molar-refractivity contribution in [1.29, 1.82) is 0 Å². The van der Waals surface area contributed by atoms with E-state index in [1.165, 1.54) is 5.56 Å². The molecule has 0 saturated heterocycles. The quantitative estimate of drug-likeness (QED) is 0.786. The number of furan rings is 1. The van der Waals surface area contributed by atoms with E-state index in [0.717, 1.165) is 21.8 Å². The van der Waals surface area contributed by atoms with Gasteiger partial charge in [0.05, 0.1) is 6.54 Å². The summed E-state index contributed by atoms with van der Waals surface area (Å²) in [4.78, 5) is 0. The van der Waals surface area contributed by atoms with Crippen LogP contribution in [0.25, 0.3) is 0 Å². The number of halogens is 1. The van der Waals surface area contributed by atoms with Crippen molar-refractivity contribution in [3.8, 4) is 5.75 Å². The number of hydrogen-bond acceptors (Lipinski definition) is 3. The molecule has 2 aromatic rings. The lowest BCUT2D eigenvalue weighted by Crippen LogP contribution is -2.31. The lowest BCUT2D eigenvalue weighted by molar-refractivity contribution is 0.269. The predicted molar refractivity (Wildman–Crippen MR) is 84.4 cm³/mol. The second-order valence-electron chi connectivity index (χ2n) is 4.61. The van der Waals surface area contributed by atoms with Gasteiger partial charge >= 0.3 is 0 Å². The lowest BCUT2D eigenvalue weighted by Gasteiger charge is -2.14. The molecule has 102 valence electrons. The van der Waals surface area contributed by atoms with Gasteiger partial charge in [-0.3, -0.25) is 0 Å². The largest absolute Gasteiger partial charge is 0.492 e. The summed E-state index contributed by atoms with van der Waals surface area (Å²) >= 11 is 2.17. The van der Waals surface area contributed by atoms with Gasteiger partial charge in [-0.15, -0.1) is 0 Å². The summed E-state index contributed by atoms with van der Waals surface area (Å²) in [5, 5.41) is 3.37. The van der Waals surface area contributed by atoms with Crippen molar-refractivity contribution < 1.29 is 9.15 Å². The molecule has 0 saturated carbocycles. The first kappa shape index (κ1) is 14.4. The van der Waals surface area contributed by atoms with Crippen molar-refractivity contribution in [2.24, 2.45) is 0 Å². The summed E-state index contributed by atoms with van der Waals surface area (Å²) in [6, 6.07) is 12.3. The van der Waals surface area contributed by atoms with Crippen LogP contribution in [0.5, 0.6) is 5.75 Å². The summed E-state index contributed by atoms with van der Waals surface area (Å²) in [5.41, 5.74) is 1.24. The van der Waals surface area contributed by atoms with Gasteiger partial charge in [-0.1, -0.05) is 17.7 Å². The standard InChI is InChI=1S/C15H18INO2/c1-11-3-5-13(6-4-11)18-10-12(2)17-9-14-7-8-15(16)19-14/h3-8,12,17H,9-10H2,1-2H3. The van der Waals surface area contributed by atoms with Gasteiger partial charge in [-0.25, -0.2) is 0 Å². The maximum atomic E-state index is 5.72. The number of aryl methyl sites for hydroxylation is 1. The molecule has 0 aliphatic heterocycles. The van der Waals surface area contributed by atoms with Gasteiger partial charge < -0.3 is 14.5 Å². The maximum absolute atomic E-state index is 5.72. The fourth-order valence-electron chi connectivity index (χ4n) is 1.64. The molecule has 19 heavy (non-hydrogen) atoms. The van der Waals surface area contributed by atoms with Crippen molar-refractivity contribution in [2.75, 3.05) is 6.61 Å². The van der Waals surface area contributed by atoms with Crippen LogP contribution in [0.3, 0.4) is 0 Å². The fourth-order valence-corrected chi connectivity index (χ4v) is 2.10. The van der Waals surface area contributed by atoms with Gasteiger partial charge in [0.1, 0.15) is 18.1 Å². The summed E-state index contributed by atoms with van der Waals surface area (Å²) < 4.78 is 12.1. The highest BCUT2D eigenvalue weighted by atomic mass is 127. The highest BCUT2D eigenvalue weighted by Crippen LogP contribution is 2.12. The van der Waals surface area contributed by atoms with E-state index in [2.05, 4.69) is 53.9 Å². The van der Waals surface area contributed by atoms with Gasteiger partial charge in [0.15, 0.2) is 3.77 Å². The second-order valence-corrected chi connectivity index (χ2v) is 5.68. The molecular formula is C15H18INO2. The molecule has 0 aliphatic rings. The third-order valence-electron chi connectivity index (χ3n) is 2.77. The van der Waals surface area contributed by atoms with Crippen LogP contribution >= 0.6 is 22.6 Å². The molecule has 1 unspecified atom stereocenters. The molecule has 3 nitrogen and oxygen atoms in total. The van der Waals surface area contributed by atoms with E-state index in [0.29, 0.717) is 6.61 Å². The number of hydrogen-bond donors (Lipinski definition) is 1. The van der Waals surface area contributed by atoms with Gasteiger partial charge in [-0.05, 0) is 60.7 Å². The van der Waals surface area contributed by atoms with Crippen molar-refractivity contribution in [3.05, 3.63) is 51.5 Å². The molecule has 4 heteroatoms. The molecule has 1 N–H and O–H groups in total. The third-order valence-corrected chi connectivity index (χ3v) is 3.35. The minimum Gasteiger partial charge on any atom is -0.492 e. The molecule has 0 amide bonds. The fraction of sp³-hybridized carbons (Fsp3) is 0.333. The van der Waals surface area contributed by atoms with Crippen molar-refractivity contribution >= 4 is 22.6 Å². The Labute approximate surface area is 127 Å². The zero-order chi connectivity index (χ0) is 13.7. The Morgan fingerprint density at radius 3 is 2.58 bits per heavy atom. The van der Waals surface area contributed by atoms with Crippen LogP contribution in [-0.4, -0.2) is 12.6 Å². The van der Waals surface area contributed by atoms with Crippen molar-refractivity contribution in [1.82, 2.24) is 5.32 Å². The number of rotatable bonds is 6. The van der Waals surface area contributed by atoms with E-state index in [4.69, 9.17) is 9.15 Å². The van der Waals surface area contributed by atoms with Crippen LogP contribution in [0.1, 0.15) is 18.2 Å². The molecule has 0 radical (unpaired) electrons. The molecule has 1 aromatic carbocycles. The van der Waals surface area contributed by atoms with E-state index in [1.54, 1.807) is 0 Å². The molecule has 0 bridgehead atoms. The summed E-state index contributed by atoms with van der Waals surface area (Å²) in [7, 11) is 0. The zero-order valence-electron chi connectivity index (χ0n) is 11.2. The summed E-state index contributed by atoms with van der Waals surface area (Å²) in [6.07, 6.45) is 0. The van der Waals surface area contributed by atoms with E-state index in [-0.39, 0.29) is 6.04 Å². The van der Waals surface area contributed by atoms with Crippen molar-refractivity contribution in [3.63, 3.8) is 0 Å². The second kappa shape index (κ2) is 6.96. The average Bonchev–Trinajstić information content (AvgIpc) is 2.81. The highest BCUT2D eigenvalue weighted by Gasteiger charge is 2.05. The van der Waals surface area contributed by atoms with Crippen LogP contribution in [0, 0.1) is 10.7 Å². The van der Waals surface area contributed by atoms with Crippen LogP contribution in [0.2, 0.25) is 0 Å². The summed E-state index contributed by atoms with van der Waals surface area (Å²) in [5.74, 6) is 1.86. The summed E-state index contributed by atoms with van der Waals surface area (Å²) in [6.45, 7) is 5.53. The lowest BCUT2D eigenvalue weighted by atomic mass is 10.2. The first-order valence-electron chi connectivity index (χ1n) is 6.30. The predicted octanol–water partition coefficient (Wildman–Crippen LogP) is 3.75. The van der Waals surface area contributed by atoms with Crippen LogP contribution < -0.4 is 10.1 Å². The van der Waals surface area contributed by atoms with Gasteiger partial charge in [0.2, 0.25) is 0 Å². The SMILES string of the molecule is Cc1ccc(OCC(C)NCc2ccc(I)o2)cc1. The average molecular weight is 371 g/mol. The Morgan fingerprint density at radius 2 is 1.95 bits per heavy atom. The van der Waals surface area contributed by atoms with Gasteiger partial charge in [0.25, 0.3) is 0 Å². The van der Waals surface area contributed by atoms with Crippen molar-refractivity contribution in [2.45, 2.75) is 26.4 Å². The van der Waals surface area contributed by atoms with Gasteiger partial charge in [-0.2, -0.15) is 0 Å². The van der Waals surface area contributed by atoms with E-state index in [9.17, 15) is 0 Å². The molecule has 1 atom stereocenters. The Bertz CT molecular complexity index is 507. The van der Waals surface area contributed by atoms with Crippen LogP contribution in [0.4, 0.5) is 0 Å². The van der Waals surface area contributed by atoms with Gasteiger partial charge in [0, 0.05) is 6.04 Å². The molecular weight excluding hydrogens is 353 g/mol. The minimum atomic E-state index is 0.268. The van der Waals surface area contributed by atoms with E-state index < -0.39 is 0 Å². The highest BCUT2D eigenvalue weighted by molar-refractivity contribution is 14.1. The zero-order valence-corrected chi connectivity index (χ0v) is 13.3. The molecule has 1 heterocycles. The normalized spacial score (nSPS) is 12.4. The van der Waals surface area contributed by atoms with Crippen LogP contribution in [-0.2, 0) is 6.54 Å². The third kappa shape index (κ3) is 4.87. The number of ether oxygens (including phenoxy) is 1. The van der Waals surface area contributed by atoms with E-state index in [1.807, 2.05) is 24.3 Å². The Kier molecular flexibility index (Phi) is 5.27. The maximum Gasteiger partial charge on any atom is 0.164 e. The Morgan fingerprint density at radius 1 is 1.21 bits per heavy atom. The first-order valence-corrected chi connectivity index (χ1v) is 7.38. The molecule has 0 spiro atoms. The monoisotopic (exact) mass is 371 g/mol. The first-order chi connectivity index (χ1) is 9.13. The minimum absolute atomic E-state index is 0.268. The van der Waals surface area contributed by atoms with Crippen LogP contribution in [0.15, 0.2) is 40.8 Å². The van der Waals surface area contributed by atoms with E-state index >= 15 is 0 Å². The Hall–Kier alpha value is -1.01. The topological polar surface area (TPSA) is 34.4 Å². The molecule has 2 rings (SSSR count).